The fraction of sp³-hybridized carbons (Fsp3) is 0.500. The Balaban J connectivity index is 1.59. The van der Waals surface area contributed by atoms with E-state index in [-0.39, 0.29) is 26.4 Å². The maximum atomic E-state index is 11.5. The monoisotopic (exact) mass is 514 g/mol. The summed E-state index contributed by atoms with van der Waals surface area (Å²) in [5, 5.41) is 10.2. The molecule has 0 saturated heterocycles. The Morgan fingerprint density at radius 2 is 1.38 bits per heavy atom. The molecule has 0 saturated carbocycles. The molecule has 2 rings (SSSR count). The van der Waals surface area contributed by atoms with E-state index >= 15 is 0 Å². The third-order valence-corrected chi connectivity index (χ3v) is 5.50. The van der Waals surface area contributed by atoms with Gasteiger partial charge in [0.1, 0.15) is 48.9 Å². The molecule has 7 nitrogen and oxygen atoms in total. The van der Waals surface area contributed by atoms with Crippen molar-refractivity contribution in [3.63, 3.8) is 0 Å². The molecule has 0 aliphatic carbocycles. The second kappa shape index (κ2) is 19.0. The Kier molecular flexibility index (Phi) is 15.4. The highest BCUT2D eigenvalue weighted by molar-refractivity contribution is 5.71. The van der Waals surface area contributed by atoms with Gasteiger partial charge in [-0.3, -0.25) is 0 Å². The number of carbonyl (C=O) groups is 1. The highest BCUT2D eigenvalue weighted by atomic mass is 16.6. The van der Waals surface area contributed by atoms with E-state index in [1.165, 1.54) is 51.0 Å². The minimum atomic E-state index is -0.823. The van der Waals surface area contributed by atoms with Gasteiger partial charge < -0.3 is 28.8 Å². The lowest BCUT2D eigenvalue weighted by Crippen LogP contribution is -2.25. The van der Waals surface area contributed by atoms with Crippen LogP contribution in [-0.2, 0) is 9.53 Å². The number of carbonyl (C=O) groups excluding carboxylic acids is 1. The van der Waals surface area contributed by atoms with E-state index in [9.17, 15) is 9.90 Å². The largest absolute Gasteiger partial charge is 0.494 e. The molecule has 2 aromatic carbocycles. The van der Waals surface area contributed by atoms with Gasteiger partial charge in [0.05, 0.1) is 6.61 Å². The SMILES string of the molecule is C=CCOC(=O)COc1cccc(OCC(O)COc2ccc(OCCCCCCCCCC)cc2)c1. The molecular formula is C30H42O7. The van der Waals surface area contributed by atoms with Crippen LogP contribution in [0.5, 0.6) is 23.0 Å². The average molecular weight is 515 g/mol. The summed E-state index contributed by atoms with van der Waals surface area (Å²) in [4.78, 5) is 11.5. The molecule has 0 radical (unpaired) electrons. The average Bonchev–Trinajstić information content (AvgIpc) is 2.92. The zero-order valence-corrected chi connectivity index (χ0v) is 22.1. The van der Waals surface area contributed by atoms with E-state index in [2.05, 4.69) is 13.5 Å². The number of hydrogen-bond donors (Lipinski definition) is 1. The summed E-state index contributed by atoms with van der Waals surface area (Å²) in [6.45, 7) is 6.51. The first-order valence-electron chi connectivity index (χ1n) is 13.3. The fourth-order valence-corrected chi connectivity index (χ4v) is 3.48. The first kappa shape index (κ1) is 30.0. The topological polar surface area (TPSA) is 83.5 Å². The molecule has 0 heterocycles. The molecule has 0 aliphatic rings. The van der Waals surface area contributed by atoms with Crippen LogP contribution in [0.25, 0.3) is 0 Å². The van der Waals surface area contributed by atoms with E-state index in [0.29, 0.717) is 17.2 Å². The Bertz CT molecular complexity index is 882. The van der Waals surface area contributed by atoms with Crippen molar-refractivity contribution in [3.05, 3.63) is 61.2 Å². The molecule has 7 heteroatoms. The van der Waals surface area contributed by atoms with Crippen molar-refractivity contribution in [1.82, 2.24) is 0 Å². The molecule has 1 unspecified atom stereocenters. The van der Waals surface area contributed by atoms with Crippen LogP contribution in [0.2, 0.25) is 0 Å². The Morgan fingerprint density at radius 1 is 0.811 bits per heavy atom. The number of esters is 1. The lowest BCUT2D eigenvalue weighted by Gasteiger charge is -2.14. The third kappa shape index (κ3) is 14.2. The maximum absolute atomic E-state index is 11.5. The molecular weight excluding hydrogens is 472 g/mol. The Hall–Kier alpha value is -3.19. The number of unbranched alkanes of at least 4 members (excludes halogenated alkanes) is 7. The summed E-state index contributed by atoms with van der Waals surface area (Å²) in [5.41, 5.74) is 0. The summed E-state index contributed by atoms with van der Waals surface area (Å²) in [6.07, 6.45) is 10.9. The number of rotatable bonds is 21. The third-order valence-electron chi connectivity index (χ3n) is 5.50. The van der Waals surface area contributed by atoms with Crippen LogP contribution in [0.15, 0.2) is 61.2 Å². The van der Waals surface area contributed by atoms with Gasteiger partial charge in [-0.05, 0) is 42.8 Å². The van der Waals surface area contributed by atoms with Crippen LogP contribution in [0.1, 0.15) is 58.3 Å². The molecule has 204 valence electrons. The van der Waals surface area contributed by atoms with Gasteiger partial charge in [0, 0.05) is 6.07 Å². The molecule has 0 bridgehead atoms. The molecule has 0 aliphatic heterocycles. The minimum Gasteiger partial charge on any atom is -0.494 e. The van der Waals surface area contributed by atoms with Gasteiger partial charge in [-0.15, -0.1) is 0 Å². The zero-order valence-electron chi connectivity index (χ0n) is 22.1. The van der Waals surface area contributed by atoms with Crippen LogP contribution < -0.4 is 18.9 Å². The van der Waals surface area contributed by atoms with Gasteiger partial charge in [0.25, 0.3) is 0 Å². The van der Waals surface area contributed by atoms with Gasteiger partial charge in [-0.2, -0.15) is 0 Å². The summed E-state index contributed by atoms with van der Waals surface area (Å²) in [7, 11) is 0. The Morgan fingerprint density at radius 3 is 2.03 bits per heavy atom. The van der Waals surface area contributed by atoms with Crippen molar-refractivity contribution in [1.29, 1.82) is 0 Å². The van der Waals surface area contributed by atoms with Crippen molar-refractivity contribution in [2.45, 2.75) is 64.4 Å². The molecule has 0 spiro atoms. The van der Waals surface area contributed by atoms with Gasteiger partial charge in [0.15, 0.2) is 6.61 Å². The van der Waals surface area contributed by atoms with Gasteiger partial charge in [-0.25, -0.2) is 4.79 Å². The van der Waals surface area contributed by atoms with Crippen LogP contribution in [0, 0.1) is 0 Å². The van der Waals surface area contributed by atoms with E-state index in [0.717, 1.165) is 18.8 Å². The Labute approximate surface area is 221 Å². The van der Waals surface area contributed by atoms with E-state index < -0.39 is 12.1 Å². The summed E-state index contributed by atoms with van der Waals surface area (Å²) in [5.74, 6) is 1.95. The van der Waals surface area contributed by atoms with Crippen molar-refractivity contribution in [3.8, 4) is 23.0 Å². The normalized spacial score (nSPS) is 11.4. The summed E-state index contributed by atoms with van der Waals surface area (Å²) >= 11 is 0. The van der Waals surface area contributed by atoms with Gasteiger partial charge in [0.2, 0.25) is 0 Å². The zero-order chi connectivity index (χ0) is 26.6. The second-order valence-corrected chi connectivity index (χ2v) is 8.81. The number of aliphatic hydroxyl groups excluding tert-OH is 1. The lowest BCUT2D eigenvalue weighted by molar-refractivity contribution is -0.144. The molecule has 1 N–H and O–H groups in total. The molecule has 0 aromatic heterocycles. The first-order chi connectivity index (χ1) is 18.1. The number of benzene rings is 2. The van der Waals surface area contributed by atoms with E-state index in [1.807, 2.05) is 24.3 Å². The number of ether oxygens (including phenoxy) is 5. The lowest BCUT2D eigenvalue weighted by atomic mass is 10.1. The van der Waals surface area contributed by atoms with Crippen molar-refractivity contribution in [2.24, 2.45) is 0 Å². The smallest absolute Gasteiger partial charge is 0.344 e. The molecule has 0 fully saturated rings. The molecule has 1 atom stereocenters. The van der Waals surface area contributed by atoms with Crippen LogP contribution in [-0.4, -0.2) is 50.2 Å². The van der Waals surface area contributed by atoms with Crippen LogP contribution >= 0.6 is 0 Å². The van der Waals surface area contributed by atoms with Crippen molar-refractivity contribution >= 4 is 5.97 Å². The van der Waals surface area contributed by atoms with Gasteiger partial charge >= 0.3 is 5.97 Å². The van der Waals surface area contributed by atoms with E-state index in [4.69, 9.17) is 23.7 Å². The van der Waals surface area contributed by atoms with Gasteiger partial charge in [-0.1, -0.05) is 70.6 Å². The van der Waals surface area contributed by atoms with Crippen LogP contribution in [0.4, 0.5) is 0 Å². The number of aliphatic hydroxyl groups is 1. The molecule has 37 heavy (non-hydrogen) atoms. The quantitative estimate of drug-likeness (QED) is 0.122. The predicted octanol–water partition coefficient (Wildman–Crippen LogP) is 6.13. The highest BCUT2D eigenvalue weighted by Crippen LogP contribution is 2.21. The van der Waals surface area contributed by atoms with Crippen LogP contribution in [0.3, 0.4) is 0 Å². The highest BCUT2D eigenvalue weighted by Gasteiger charge is 2.09. The van der Waals surface area contributed by atoms with Crippen molar-refractivity contribution in [2.75, 3.05) is 33.0 Å². The predicted molar refractivity (Wildman–Crippen MR) is 145 cm³/mol. The van der Waals surface area contributed by atoms with Crippen molar-refractivity contribution < 1.29 is 33.6 Å². The molecule has 2 aromatic rings. The number of hydrogen-bond acceptors (Lipinski definition) is 7. The maximum Gasteiger partial charge on any atom is 0.344 e. The summed E-state index contributed by atoms with van der Waals surface area (Å²) < 4.78 is 27.4. The fourth-order valence-electron chi connectivity index (χ4n) is 3.48. The van der Waals surface area contributed by atoms with E-state index in [1.54, 1.807) is 24.3 Å². The second-order valence-electron chi connectivity index (χ2n) is 8.81. The standard InChI is InChI=1S/C30H42O7/c1-3-5-6-7-8-9-10-11-20-33-26-15-17-27(18-16-26)35-22-25(31)23-36-28-13-12-14-29(21-28)37-24-30(32)34-19-4-2/h4,12-18,21,25,31H,2-3,5-11,19-20,22-24H2,1H3. The first-order valence-corrected chi connectivity index (χ1v) is 13.3. The molecule has 0 amide bonds. The minimum absolute atomic E-state index is 0.0463. The summed E-state index contributed by atoms with van der Waals surface area (Å²) in [6, 6.07) is 14.2.